The van der Waals surface area contributed by atoms with Gasteiger partial charge in [0, 0.05) is 34.8 Å². The van der Waals surface area contributed by atoms with Crippen LogP contribution in [0.1, 0.15) is 66.5 Å². The first-order valence-electron chi connectivity index (χ1n) is 12.1. The van der Waals surface area contributed by atoms with E-state index >= 15 is 0 Å². The fourth-order valence-electron chi connectivity index (χ4n) is 4.16. The first-order valence-corrected chi connectivity index (χ1v) is 12.5. The minimum Gasteiger partial charge on any atom is -0.456 e. The summed E-state index contributed by atoms with van der Waals surface area (Å²) in [7, 11) is 0. The lowest BCUT2D eigenvalue weighted by molar-refractivity contribution is 0.00706. The smallest absolute Gasteiger partial charge is 0.340 e. The number of nitrogens with one attached hydrogen (secondary N) is 1. The number of esters is 1. The highest BCUT2D eigenvalue weighted by Gasteiger charge is 2.22. The number of anilines is 1. The lowest BCUT2D eigenvalue weighted by Gasteiger charge is -2.23. The highest BCUT2D eigenvalue weighted by Crippen LogP contribution is 2.29. The van der Waals surface area contributed by atoms with Crippen LogP contribution in [-0.2, 0) is 4.74 Å². The number of para-hydroxylation sites is 1. The van der Waals surface area contributed by atoms with Crippen molar-refractivity contribution in [2.45, 2.75) is 60.1 Å². The molecule has 0 aliphatic rings. The van der Waals surface area contributed by atoms with Crippen LogP contribution in [0.4, 0.5) is 5.69 Å². The van der Waals surface area contributed by atoms with Crippen LogP contribution in [0, 0.1) is 20.8 Å². The summed E-state index contributed by atoms with van der Waals surface area (Å²) in [5, 5.41) is 3.94. The summed E-state index contributed by atoms with van der Waals surface area (Å²) in [6, 6.07) is 10.7. The van der Waals surface area contributed by atoms with Gasteiger partial charge in [0.1, 0.15) is 11.2 Å². The van der Waals surface area contributed by atoms with E-state index in [1.165, 1.54) is 0 Å². The van der Waals surface area contributed by atoms with Gasteiger partial charge in [0.2, 0.25) is 0 Å². The first kappa shape index (κ1) is 26.4. The molecule has 3 aromatic heterocycles. The zero-order valence-corrected chi connectivity index (χ0v) is 22.9. The molecule has 4 rings (SSSR count). The molecule has 0 radical (unpaired) electrons. The number of aromatic nitrogens is 3. The molecule has 3 heterocycles. The van der Waals surface area contributed by atoms with Crippen molar-refractivity contribution in [3.8, 4) is 11.3 Å². The van der Waals surface area contributed by atoms with E-state index in [4.69, 9.17) is 21.3 Å². The molecule has 0 fully saturated rings. The maximum atomic E-state index is 13.4. The molecule has 7 nitrogen and oxygen atoms in total. The molecule has 0 saturated carbocycles. The second-order valence-electron chi connectivity index (χ2n) is 10.3. The molecule has 0 aliphatic carbocycles. The summed E-state index contributed by atoms with van der Waals surface area (Å²) < 4.78 is 7.17. The number of carbonyl (C=O) groups excluding carboxylic acids is 1. The molecule has 0 spiro atoms. The largest absolute Gasteiger partial charge is 0.456 e. The number of hydrogen-bond acceptors (Lipinski definition) is 6. The average Bonchev–Trinajstić information content (AvgIpc) is 2.82. The molecule has 1 unspecified atom stereocenters. The Bertz CT molecular complexity index is 1570. The molecule has 4 aromatic rings. The third-order valence-electron chi connectivity index (χ3n) is 6.00. The highest BCUT2D eigenvalue weighted by molar-refractivity contribution is 6.31. The molecule has 1 N–H and O–H groups in total. The monoisotopic (exact) mass is 518 g/mol. The minimum atomic E-state index is -0.615. The van der Waals surface area contributed by atoms with E-state index in [0.29, 0.717) is 44.4 Å². The van der Waals surface area contributed by atoms with E-state index in [1.807, 2.05) is 59.7 Å². The van der Waals surface area contributed by atoms with E-state index in [0.717, 1.165) is 11.1 Å². The topological polar surface area (TPSA) is 85.6 Å². The third-order valence-corrected chi connectivity index (χ3v) is 6.38. The first-order chi connectivity index (χ1) is 17.4. The van der Waals surface area contributed by atoms with E-state index in [-0.39, 0.29) is 11.6 Å². The van der Waals surface area contributed by atoms with Crippen LogP contribution in [0.2, 0.25) is 5.02 Å². The molecule has 1 atom stereocenters. The second kappa shape index (κ2) is 9.98. The summed E-state index contributed by atoms with van der Waals surface area (Å²) in [6.07, 6.45) is 3.46. The average molecular weight is 519 g/mol. The van der Waals surface area contributed by atoms with Gasteiger partial charge in [-0.15, -0.1) is 0 Å². The predicted molar refractivity (Wildman–Crippen MR) is 148 cm³/mol. The third kappa shape index (κ3) is 5.52. The van der Waals surface area contributed by atoms with Crippen molar-refractivity contribution in [1.82, 2.24) is 14.4 Å². The van der Waals surface area contributed by atoms with Gasteiger partial charge in [-0.25, -0.2) is 9.78 Å². The Balaban J connectivity index is 1.82. The van der Waals surface area contributed by atoms with Crippen LogP contribution in [0.25, 0.3) is 16.9 Å². The molecule has 192 valence electrons. The number of ether oxygens (including phenoxy) is 1. The molecule has 0 bridgehead atoms. The molecule has 0 amide bonds. The van der Waals surface area contributed by atoms with Crippen LogP contribution in [0.15, 0.2) is 53.6 Å². The Kier molecular flexibility index (Phi) is 7.11. The molecule has 0 saturated heterocycles. The molecule has 37 heavy (non-hydrogen) atoms. The summed E-state index contributed by atoms with van der Waals surface area (Å²) in [5.41, 5.74) is 4.94. The number of fused-ring (bicyclic) bond motifs is 1. The zero-order chi connectivity index (χ0) is 27.1. The molecule has 0 aliphatic heterocycles. The molecular weight excluding hydrogens is 488 g/mol. The van der Waals surface area contributed by atoms with Gasteiger partial charge in [-0.05, 0) is 78.3 Å². The lowest BCUT2D eigenvalue weighted by Crippen LogP contribution is -2.25. The maximum Gasteiger partial charge on any atom is 0.340 e. The molecular formula is C29H31ClN4O3. The van der Waals surface area contributed by atoms with Crippen molar-refractivity contribution >= 4 is 28.9 Å². The van der Waals surface area contributed by atoms with Gasteiger partial charge in [0.25, 0.3) is 5.56 Å². The number of aryl methyl sites for hydroxylation is 2. The van der Waals surface area contributed by atoms with E-state index in [9.17, 15) is 9.59 Å². The van der Waals surface area contributed by atoms with Gasteiger partial charge in [-0.1, -0.05) is 23.7 Å². The van der Waals surface area contributed by atoms with Gasteiger partial charge >= 0.3 is 5.97 Å². The molecule has 8 heteroatoms. The number of rotatable bonds is 5. The van der Waals surface area contributed by atoms with Crippen molar-refractivity contribution in [3.63, 3.8) is 0 Å². The van der Waals surface area contributed by atoms with Gasteiger partial charge < -0.3 is 10.1 Å². The number of pyridine rings is 2. The van der Waals surface area contributed by atoms with Crippen LogP contribution in [-0.4, -0.2) is 25.9 Å². The number of hydrogen-bond donors (Lipinski definition) is 1. The van der Waals surface area contributed by atoms with Crippen molar-refractivity contribution in [2.24, 2.45) is 0 Å². The Morgan fingerprint density at radius 2 is 1.84 bits per heavy atom. The fourth-order valence-corrected chi connectivity index (χ4v) is 4.33. The Morgan fingerprint density at radius 1 is 1.14 bits per heavy atom. The zero-order valence-electron chi connectivity index (χ0n) is 22.1. The van der Waals surface area contributed by atoms with E-state index < -0.39 is 11.6 Å². The van der Waals surface area contributed by atoms with Gasteiger partial charge in [-0.3, -0.25) is 14.2 Å². The normalized spacial score (nSPS) is 12.4. The van der Waals surface area contributed by atoms with Crippen molar-refractivity contribution in [2.75, 3.05) is 5.32 Å². The quantitative estimate of drug-likeness (QED) is 0.305. The van der Waals surface area contributed by atoms with E-state index in [2.05, 4.69) is 10.3 Å². The van der Waals surface area contributed by atoms with Crippen molar-refractivity contribution in [1.29, 1.82) is 0 Å². The Labute approximate surface area is 221 Å². The number of halogens is 1. The summed E-state index contributed by atoms with van der Waals surface area (Å²) >= 11 is 6.33. The Hall–Kier alpha value is -3.71. The minimum absolute atomic E-state index is 0.164. The van der Waals surface area contributed by atoms with E-state index in [1.54, 1.807) is 41.9 Å². The second-order valence-corrected chi connectivity index (χ2v) is 10.7. The van der Waals surface area contributed by atoms with Crippen LogP contribution >= 0.6 is 11.6 Å². The van der Waals surface area contributed by atoms with Crippen LogP contribution in [0.5, 0.6) is 0 Å². The van der Waals surface area contributed by atoms with Gasteiger partial charge in [0.05, 0.1) is 28.0 Å². The highest BCUT2D eigenvalue weighted by atomic mass is 35.5. The number of nitrogens with zero attached hydrogens (tertiary/aromatic N) is 3. The van der Waals surface area contributed by atoms with Crippen molar-refractivity contribution < 1.29 is 9.53 Å². The lowest BCUT2D eigenvalue weighted by atomic mass is 10.0. The van der Waals surface area contributed by atoms with Gasteiger partial charge in [0.15, 0.2) is 0 Å². The van der Waals surface area contributed by atoms with Crippen molar-refractivity contribution in [3.05, 3.63) is 92.1 Å². The number of carbonyl (C=O) groups is 1. The predicted octanol–water partition coefficient (Wildman–Crippen LogP) is 6.46. The van der Waals surface area contributed by atoms with Gasteiger partial charge in [-0.2, -0.15) is 0 Å². The Morgan fingerprint density at radius 3 is 2.51 bits per heavy atom. The summed E-state index contributed by atoms with van der Waals surface area (Å²) in [6.45, 7) is 13.0. The summed E-state index contributed by atoms with van der Waals surface area (Å²) in [4.78, 5) is 35.6. The number of benzene rings is 1. The standard InChI is InChI=1S/C29H31ClN4O3/c1-16-12-22(18(3)32-24-11-9-8-10-21(24)28(36)37-29(5,6)7)26-33-25(17(2)27(35)34(26)15-16)20-13-23(30)19(4)31-14-20/h8-15,18,32H,1-7H3. The SMILES string of the molecule is Cc1cc(C(C)Nc2ccccc2C(=O)OC(C)(C)C)c2nc(-c3cnc(C)c(Cl)c3)c(C)c(=O)n2c1. The maximum absolute atomic E-state index is 13.4. The summed E-state index contributed by atoms with van der Waals surface area (Å²) in [5.74, 6) is -0.409. The van der Waals surface area contributed by atoms with Crippen LogP contribution in [0.3, 0.4) is 0 Å². The van der Waals surface area contributed by atoms with Crippen LogP contribution < -0.4 is 10.9 Å². The molecule has 1 aromatic carbocycles. The fraction of sp³-hybridized carbons (Fsp3) is 0.310.